The van der Waals surface area contributed by atoms with Crippen molar-refractivity contribution in [1.29, 1.82) is 5.26 Å². The van der Waals surface area contributed by atoms with Crippen LogP contribution >= 0.6 is 0 Å². The Morgan fingerprint density at radius 2 is 1.75 bits per heavy atom. The van der Waals surface area contributed by atoms with Crippen LogP contribution < -0.4 is 0 Å². The number of rotatable bonds is 1. The molecular formula is C10H12NO+. The third-order valence-corrected chi connectivity index (χ3v) is 1.84. The minimum atomic E-state index is 0.706. The minimum Gasteiger partial charge on any atom is -0.584 e. The number of hydrogen-bond donors (Lipinski definition) is 0. The second-order valence-electron chi connectivity index (χ2n) is 2.79. The fraction of sp³-hybridized carbons (Fsp3) is 0.300. The summed E-state index contributed by atoms with van der Waals surface area (Å²) >= 11 is 0. The Balaban J connectivity index is 3.30. The van der Waals surface area contributed by atoms with E-state index in [2.05, 4.69) is 10.8 Å². The van der Waals surface area contributed by atoms with Crippen LogP contribution in [-0.4, -0.2) is 11.8 Å². The zero-order chi connectivity index (χ0) is 9.14. The van der Waals surface area contributed by atoms with E-state index >= 15 is 0 Å². The number of aromatic hydroxyl groups is 1. The molecule has 0 heterocycles. The molecule has 0 saturated carbocycles. The zero-order valence-electron chi connectivity index (χ0n) is 7.55. The molecule has 0 saturated heterocycles. The number of hydrogen-bond acceptors (Lipinski definition) is 1. The van der Waals surface area contributed by atoms with Crippen molar-refractivity contribution in [3.05, 3.63) is 28.8 Å². The standard InChI is InChI=1S/C10H11NO/c1-7-4-9(6-11)5-8(2)10(7)12-3/h4-5H,1-3H3/p+1. The summed E-state index contributed by atoms with van der Waals surface area (Å²) in [7, 11) is 1.77. The summed E-state index contributed by atoms with van der Waals surface area (Å²) in [4.78, 5) is 0. The first kappa shape index (κ1) is 8.61. The predicted molar refractivity (Wildman–Crippen MR) is 48.2 cm³/mol. The van der Waals surface area contributed by atoms with Gasteiger partial charge < -0.3 is 4.74 Å². The van der Waals surface area contributed by atoms with Crippen LogP contribution in [-0.2, 0) is 0 Å². The first-order valence-electron chi connectivity index (χ1n) is 3.80. The van der Waals surface area contributed by atoms with Crippen LogP contribution in [0.3, 0.4) is 0 Å². The van der Waals surface area contributed by atoms with E-state index in [-0.39, 0.29) is 0 Å². The lowest BCUT2D eigenvalue weighted by molar-refractivity contribution is 0.133. The van der Waals surface area contributed by atoms with Gasteiger partial charge in [0.05, 0.1) is 11.6 Å². The van der Waals surface area contributed by atoms with Crippen LogP contribution in [0.25, 0.3) is 0 Å². The smallest absolute Gasteiger partial charge is 0.260 e. The molecule has 0 fully saturated rings. The number of ether oxygens (including phenoxy) is 1. The fourth-order valence-electron chi connectivity index (χ4n) is 1.37. The maximum absolute atomic E-state index is 8.67. The van der Waals surface area contributed by atoms with E-state index in [0.29, 0.717) is 5.56 Å². The highest BCUT2D eigenvalue weighted by Crippen LogP contribution is 2.24. The van der Waals surface area contributed by atoms with Gasteiger partial charge in [-0.05, 0) is 26.0 Å². The zero-order valence-corrected chi connectivity index (χ0v) is 7.55. The lowest BCUT2D eigenvalue weighted by Crippen LogP contribution is -1.89. The average Bonchev–Trinajstić information content (AvgIpc) is 2.03. The van der Waals surface area contributed by atoms with Gasteiger partial charge in [-0.1, -0.05) is 0 Å². The molecule has 1 aromatic rings. The van der Waals surface area contributed by atoms with Crippen LogP contribution in [0.1, 0.15) is 16.7 Å². The summed E-state index contributed by atoms with van der Waals surface area (Å²) in [5.74, 6) is 0.994. The van der Waals surface area contributed by atoms with Crippen molar-refractivity contribution < 1.29 is 4.74 Å². The molecule has 0 unspecified atom stereocenters. The largest absolute Gasteiger partial charge is 0.584 e. The molecule has 2 heteroatoms. The summed E-state index contributed by atoms with van der Waals surface area (Å²) in [6.07, 6.45) is 0. The highest BCUT2D eigenvalue weighted by Gasteiger charge is 2.08. The van der Waals surface area contributed by atoms with E-state index in [1.807, 2.05) is 26.0 Å². The number of aliphatic hydroxyl groups is 1. The maximum Gasteiger partial charge on any atom is 0.260 e. The number of nitrogens with zero attached hydrogens (tertiary/aromatic N) is 1. The van der Waals surface area contributed by atoms with Gasteiger partial charge >= 0.3 is 0 Å². The Hall–Kier alpha value is -1.49. The Labute approximate surface area is 72.4 Å². The van der Waals surface area contributed by atoms with E-state index < -0.39 is 0 Å². The fourth-order valence-corrected chi connectivity index (χ4v) is 1.37. The van der Waals surface area contributed by atoms with Crippen LogP contribution in [0.2, 0.25) is 0 Å². The van der Waals surface area contributed by atoms with E-state index in [0.717, 1.165) is 16.9 Å². The maximum atomic E-state index is 8.67. The number of benzene rings is 1. The molecule has 0 aliphatic rings. The average molecular weight is 162 g/mol. The Kier molecular flexibility index (Phi) is 2.35. The third-order valence-electron chi connectivity index (χ3n) is 1.84. The van der Waals surface area contributed by atoms with Crippen molar-refractivity contribution >= 4 is 0 Å². The van der Waals surface area contributed by atoms with Gasteiger partial charge in [-0.3, -0.25) is 0 Å². The number of aryl methyl sites for hydroxylation is 2. The molecule has 0 bridgehead atoms. The summed E-state index contributed by atoms with van der Waals surface area (Å²) in [6, 6.07) is 5.83. The van der Waals surface area contributed by atoms with Crippen molar-refractivity contribution in [3.63, 3.8) is 0 Å². The number of nitriles is 1. The van der Waals surface area contributed by atoms with Gasteiger partial charge in [0.2, 0.25) is 0 Å². The molecule has 1 aromatic carbocycles. The molecule has 1 rings (SSSR count). The van der Waals surface area contributed by atoms with Crippen LogP contribution in [0.4, 0.5) is 0 Å². The van der Waals surface area contributed by atoms with Gasteiger partial charge in [-0.25, -0.2) is 0 Å². The van der Waals surface area contributed by atoms with Gasteiger partial charge in [-0.2, -0.15) is 5.26 Å². The van der Waals surface area contributed by atoms with E-state index in [9.17, 15) is 0 Å². The predicted octanol–water partition coefficient (Wildman–Crippen LogP) is 2.05. The highest BCUT2D eigenvalue weighted by atomic mass is 16.5. The molecule has 0 amide bonds. The molecule has 0 radical (unpaired) electrons. The molecule has 0 aliphatic carbocycles. The molecule has 0 aliphatic heterocycles. The molecular weight excluding hydrogens is 150 g/mol. The van der Waals surface area contributed by atoms with Gasteiger partial charge in [-0.15, -0.1) is 0 Å². The third kappa shape index (κ3) is 1.40. The molecule has 1 N–H and O–H groups in total. The van der Waals surface area contributed by atoms with Crippen LogP contribution in [0.5, 0.6) is 5.75 Å². The second-order valence-corrected chi connectivity index (χ2v) is 2.79. The van der Waals surface area contributed by atoms with Crippen molar-refractivity contribution in [2.75, 3.05) is 7.11 Å². The molecule has 0 aromatic heterocycles. The summed E-state index contributed by atoms with van der Waals surface area (Å²) in [6.45, 7) is 3.94. The van der Waals surface area contributed by atoms with Gasteiger partial charge in [0.1, 0.15) is 0 Å². The Bertz CT molecular complexity index is 313. The summed E-state index contributed by atoms with van der Waals surface area (Å²) in [5, 5.41) is 8.67. The molecule has 0 atom stereocenters. The first-order valence-corrected chi connectivity index (χ1v) is 3.80. The topological polar surface area (TPSA) is 36.6 Å². The van der Waals surface area contributed by atoms with Crippen LogP contribution in [0.15, 0.2) is 12.1 Å². The Morgan fingerprint density at radius 3 is 2.08 bits per heavy atom. The highest BCUT2D eigenvalue weighted by molar-refractivity contribution is 5.46. The minimum absolute atomic E-state index is 0.706. The molecule has 2 nitrogen and oxygen atoms in total. The Morgan fingerprint density at radius 1 is 1.25 bits per heavy atom. The van der Waals surface area contributed by atoms with Crippen molar-refractivity contribution in [3.8, 4) is 11.8 Å². The monoisotopic (exact) mass is 162 g/mol. The summed E-state index contributed by atoms with van der Waals surface area (Å²) < 4.78 is 4.14. The van der Waals surface area contributed by atoms with E-state index in [1.54, 1.807) is 7.11 Å². The van der Waals surface area contributed by atoms with Crippen molar-refractivity contribution in [2.24, 2.45) is 0 Å². The SMILES string of the molecule is C[OH+]c1c(C)cc(C#N)cc1C. The lowest BCUT2D eigenvalue weighted by Gasteiger charge is -2.04. The summed E-state index contributed by atoms with van der Waals surface area (Å²) in [5.41, 5.74) is 2.83. The molecule has 0 spiro atoms. The van der Waals surface area contributed by atoms with Crippen molar-refractivity contribution in [1.82, 2.24) is 0 Å². The quantitative estimate of drug-likeness (QED) is 0.582. The van der Waals surface area contributed by atoms with E-state index in [1.165, 1.54) is 0 Å². The lowest BCUT2D eigenvalue weighted by atomic mass is 10.1. The van der Waals surface area contributed by atoms with Gasteiger partial charge in [0.25, 0.3) is 5.75 Å². The first-order chi connectivity index (χ1) is 5.69. The van der Waals surface area contributed by atoms with E-state index in [4.69, 9.17) is 5.26 Å². The van der Waals surface area contributed by atoms with Crippen molar-refractivity contribution in [2.45, 2.75) is 13.8 Å². The second kappa shape index (κ2) is 3.27. The molecule has 12 heavy (non-hydrogen) atoms. The molecule has 62 valence electrons. The van der Waals surface area contributed by atoms with Crippen LogP contribution in [0, 0.1) is 25.2 Å². The normalized spacial score (nSPS) is 9.17. The van der Waals surface area contributed by atoms with Gasteiger partial charge in [0.15, 0.2) is 7.11 Å². The van der Waals surface area contributed by atoms with Gasteiger partial charge in [0, 0.05) is 11.1 Å².